The topological polar surface area (TPSA) is 82.4 Å². The van der Waals surface area contributed by atoms with Crippen LogP contribution in [-0.2, 0) is 4.79 Å². The number of carbonyl (C=O) groups excluding carboxylic acids is 1. The smallest absolute Gasteiger partial charge is 0.235 e. The molecule has 1 aromatic rings. The van der Waals surface area contributed by atoms with Crippen molar-refractivity contribution in [1.29, 1.82) is 0 Å². The number of thiocarbonyl (C=S) groups is 1. The lowest BCUT2D eigenvalue weighted by Gasteiger charge is -2.39. The highest BCUT2D eigenvalue weighted by Gasteiger charge is 2.39. The van der Waals surface area contributed by atoms with Crippen LogP contribution < -0.4 is 21.7 Å². The van der Waals surface area contributed by atoms with Crippen molar-refractivity contribution < 1.29 is 4.79 Å². The van der Waals surface area contributed by atoms with Gasteiger partial charge < -0.3 is 16.4 Å². The van der Waals surface area contributed by atoms with Crippen molar-refractivity contribution in [2.45, 2.75) is 39.1 Å². The van der Waals surface area contributed by atoms with Gasteiger partial charge in [0, 0.05) is 18.8 Å². The van der Waals surface area contributed by atoms with Gasteiger partial charge in [0.05, 0.1) is 11.2 Å². The number of benzene rings is 1. The van der Waals surface area contributed by atoms with Crippen molar-refractivity contribution in [2.75, 3.05) is 18.4 Å². The van der Waals surface area contributed by atoms with Crippen molar-refractivity contribution >= 4 is 28.8 Å². The summed E-state index contributed by atoms with van der Waals surface area (Å²) in [7, 11) is 0. The van der Waals surface area contributed by atoms with Crippen LogP contribution in [0, 0.1) is 19.8 Å². The Bertz CT molecular complexity index is 624. The molecule has 0 radical (unpaired) electrons. The largest absolute Gasteiger partial charge is 0.349 e. The molecule has 5 N–H and O–H groups in total. The molecule has 3 unspecified atom stereocenters. The molecule has 0 spiro atoms. The van der Waals surface area contributed by atoms with Crippen LogP contribution in [0.25, 0.3) is 0 Å². The Morgan fingerprint density at radius 2 is 1.92 bits per heavy atom. The summed E-state index contributed by atoms with van der Waals surface area (Å²) in [6.45, 7) is 5.97. The molecule has 0 aliphatic carbocycles. The Balaban J connectivity index is 1.70. The Hall–Kier alpha value is -1.54. The van der Waals surface area contributed by atoms with Gasteiger partial charge >= 0.3 is 0 Å². The molecule has 1 aromatic carbocycles. The average Bonchev–Trinajstić information content (AvgIpc) is 3.04. The Labute approximate surface area is 148 Å². The monoisotopic (exact) mass is 347 g/mol. The minimum atomic E-state index is -0.585. The molecule has 7 heteroatoms. The van der Waals surface area contributed by atoms with E-state index in [0.717, 1.165) is 42.7 Å². The zero-order valence-electron chi connectivity index (χ0n) is 14.1. The summed E-state index contributed by atoms with van der Waals surface area (Å²) in [4.78, 5) is 15.2. The van der Waals surface area contributed by atoms with E-state index in [2.05, 4.69) is 20.9 Å². The first-order valence-electron chi connectivity index (χ1n) is 8.40. The molecule has 130 valence electrons. The molecule has 2 saturated heterocycles. The van der Waals surface area contributed by atoms with Crippen LogP contribution in [0.1, 0.15) is 24.0 Å². The fourth-order valence-corrected chi connectivity index (χ4v) is 3.75. The molecule has 2 aliphatic heterocycles. The zero-order chi connectivity index (χ0) is 17.3. The summed E-state index contributed by atoms with van der Waals surface area (Å²) in [5.74, 6) is -0.709. The number of aryl methyl sites for hydroxylation is 2. The molecule has 0 bridgehead atoms. The predicted octanol–water partition coefficient (Wildman–Crippen LogP) is 1.04. The quantitative estimate of drug-likeness (QED) is 0.612. The Kier molecular flexibility index (Phi) is 5.15. The number of hydrogen-bond donors (Lipinski definition) is 4. The standard InChI is InChI=1S/C17H25N5OS/c1-10-6-5-7-11(2)13(10)19-16(24)12-14(18)20-17(21-15(12)23)22-8-3-4-9-22/h5-7,12,14,17,20H,3-4,8-9,18H2,1-2H3,(H,19,24)(H,21,23). The number of para-hydroxylation sites is 1. The van der Waals surface area contributed by atoms with Crippen LogP contribution in [0.5, 0.6) is 0 Å². The van der Waals surface area contributed by atoms with Crippen LogP contribution in [0.15, 0.2) is 18.2 Å². The van der Waals surface area contributed by atoms with Gasteiger partial charge in [-0.1, -0.05) is 30.4 Å². The number of hydrogen-bond acceptors (Lipinski definition) is 5. The number of nitrogens with one attached hydrogen (secondary N) is 3. The summed E-state index contributed by atoms with van der Waals surface area (Å²) >= 11 is 5.50. The molecule has 2 heterocycles. The molecule has 2 aliphatic rings. The highest BCUT2D eigenvalue weighted by molar-refractivity contribution is 7.80. The number of carbonyl (C=O) groups is 1. The highest BCUT2D eigenvalue weighted by atomic mass is 32.1. The number of likely N-dealkylation sites (tertiary alicyclic amines) is 1. The Morgan fingerprint density at radius 1 is 1.29 bits per heavy atom. The van der Waals surface area contributed by atoms with Gasteiger partial charge in [-0.3, -0.25) is 15.0 Å². The SMILES string of the molecule is Cc1cccc(C)c1NC(=S)C1C(=O)NC(N2CCCC2)NC1N. The van der Waals surface area contributed by atoms with Gasteiger partial charge in [-0.2, -0.15) is 0 Å². The van der Waals surface area contributed by atoms with Crippen LogP contribution in [0.3, 0.4) is 0 Å². The molecule has 0 saturated carbocycles. The third kappa shape index (κ3) is 3.44. The lowest BCUT2D eigenvalue weighted by atomic mass is 10.0. The predicted molar refractivity (Wildman–Crippen MR) is 99.5 cm³/mol. The molecule has 3 rings (SSSR count). The average molecular weight is 347 g/mol. The minimum Gasteiger partial charge on any atom is -0.349 e. The third-order valence-electron chi connectivity index (χ3n) is 4.79. The normalized spacial score (nSPS) is 27.8. The fraction of sp³-hybridized carbons (Fsp3) is 0.529. The lowest BCUT2D eigenvalue weighted by molar-refractivity contribution is -0.129. The van der Waals surface area contributed by atoms with E-state index in [0.29, 0.717) is 4.99 Å². The summed E-state index contributed by atoms with van der Waals surface area (Å²) < 4.78 is 0. The molecule has 0 aromatic heterocycles. The zero-order valence-corrected chi connectivity index (χ0v) is 15.0. The number of nitrogens with zero attached hydrogens (tertiary/aromatic N) is 1. The maximum Gasteiger partial charge on any atom is 0.235 e. The maximum absolute atomic E-state index is 12.6. The fourth-order valence-electron chi connectivity index (χ4n) is 3.40. The second-order valence-corrected chi connectivity index (χ2v) is 7.02. The second kappa shape index (κ2) is 7.14. The van der Waals surface area contributed by atoms with Crippen molar-refractivity contribution in [3.05, 3.63) is 29.3 Å². The van der Waals surface area contributed by atoms with Crippen molar-refractivity contribution in [3.8, 4) is 0 Å². The molecular weight excluding hydrogens is 322 g/mol. The molecule has 2 fully saturated rings. The Morgan fingerprint density at radius 3 is 2.50 bits per heavy atom. The van der Waals surface area contributed by atoms with E-state index in [-0.39, 0.29) is 12.2 Å². The van der Waals surface area contributed by atoms with E-state index in [1.165, 1.54) is 0 Å². The van der Waals surface area contributed by atoms with Crippen molar-refractivity contribution in [1.82, 2.24) is 15.5 Å². The van der Waals surface area contributed by atoms with Crippen molar-refractivity contribution in [2.24, 2.45) is 11.7 Å². The van der Waals surface area contributed by atoms with Crippen LogP contribution >= 0.6 is 12.2 Å². The summed E-state index contributed by atoms with van der Waals surface area (Å²) in [5.41, 5.74) is 9.36. The van der Waals surface area contributed by atoms with Gasteiger partial charge in [0.1, 0.15) is 12.2 Å². The van der Waals surface area contributed by atoms with Gasteiger partial charge in [0.2, 0.25) is 5.91 Å². The molecule has 6 nitrogen and oxygen atoms in total. The summed E-state index contributed by atoms with van der Waals surface area (Å²) in [5, 5.41) is 9.51. The number of nitrogens with two attached hydrogens (primary N) is 1. The first kappa shape index (κ1) is 17.3. The molecular formula is C17H25N5OS. The van der Waals surface area contributed by atoms with Gasteiger partial charge in [0.15, 0.2) is 0 Å². The van der Waals surface area contributed by atoms with Gasteiger partial charge in [-0.05, 0) is 37.8 Å². The third-order valence-corrected chi connectivity index (χ3v) is 5.14. The van der Waals surface area contributed by atoms with Crippen LogP contribution in [-0.4, -0.2) is 41.3 Å². The van der Waals surface area contributed by atoms with E-state index in [4.69, 9.17) is 18.0 Å². The second-order valence-electron chi connectivity index (χ2n) is 6.58. The molecule has 24 heavy (non-hydrogen) atoms. The maximum atomic E-state index is 12.6. The number of anilines is 1. The van der Waals surface area contributed by atoms with E-state index in [1.54, 1.807) is 0 Å². The van der Waals surface area contributed by atoms with E-state index in [1.807, 2.05) is 32.0 Å². The highest BCUT2D eigenvalue weighted by Crippen LogP contribution is 2.22. The van der Waals surface area contributed by atoms with Crippen LogP contribution in [0.4, 0.5) is 5.69 Å². The molecule has 1 amide bonds. The van der Waals surface area contributed by atoms with E-state index in [9.17, 15) is 4.79 Å². The lowest BCUT2D eigenvalue weighted by Crippen LogP contribution is -2.70. The van der Waals surface area contributed by atoms with Gasteiger partial charge in [0.25, 0.3) is 0 Å². The van der Waals surface area contributed by atoms with E-state index < -0.39 is 12.1 Å². The van der Waals surface area contributed by atoms with Crippen molar-refractivity contribution in [3.63, 3.8) is 0 Å². The first-order valence-corrected chi connectivity index (χ1v) is 8.81. The minimum absolute atomic E-state index is 0.123. The summed E-state index contributed by atoms with van der Waals surface area (Å²) in [6, 6.07) is 6.03. The van der Waals surface area contributed by atoms with Gasteiger partial charge in [-0.15, -0.1) is 0 Å². The van der Waals surface area contributed by atoms with Crippen LogP contribution in [0.2, 0.25) is 0 Å². The summed E-state index contributed by atoms with van der Waals surface area (Å²) in [6.07, 6.45) is 1.60. The van der Waals surface area contributed by atoms with Gasteiger partial charge in [-0.25, -0.2) is 0 Å². The number of amides is 1. The molecule has 3 atom stereocenters. The first-order chi connectivity index (χ1) is 11.5. The van der Waals surface area contributed by atoms with E-state index >= 15 is 0 Å². The number of rotatable bonds is 3.